The van der Waals surface area contributed by atoms with Gasteiger partial charge in [-0.3, -0.25) is 14.5 Å². The highest BCUT2D eigenvalue weighted by atomic mass is 16.4. The summed E-state index contributed by atoms with van der Waals surface area (Å²) in [5.41, 5.74) is 0. The Hall–Kier alpha value is -1.14. The molecule has 2 fully saturated rings. The van der Waals surface area contributed by atoms with E-state index >= 15 is 0 Å². The van der Waals surface area contributed by atoms with Crippen molar-refractivity contribution in [3.63, 3.8) is 0 Å². The van der Waals surface area contributed by atoms with E-state index < -0.39 is 5.97 Å². The number of carbonyl (C=O) groups is 2. The molecule has 2 aliphatic rings. The molecule has 0 radical (unpaired) electrons. The number of likely N-dealkylation sites (tertiary alicyclic amines) is 2. The minimum absolute atomic E-state index is 0.101. The van der Waals surface area contributed by atoms with Crippen LogP contribution in [0.5, 0.6) is 0 Å². The number of carboxylic acids is 1. The van der Waals surface area contributed by atoms with Gasteiger partial charge in [0, 0.05) is 25.7 Å². The van der Waals surface area contributed by atoms with Crippen molar-refractivity contribution in [1.82, 2.24) is 9.80 Å². The molecule has 0 saturated carbocycles. The highest BCUT2D eigenvalue weighted by Gasteiger charge is 2.29. The molecule has 1 atom stereocenters. The molecule has 0 aliphatic carbocycles. The molecule has 1 unspecified atom stereocenters. The maximum absolute atomic E-state index is 12.4. The number of carboxylic acid groups (broad SMARTS) is 1. The van der Waals surface area contributed by atoms with Gasteiger partial charge in [0.05, 0.1) is 12.5 Å². The summed E-state index contributed by atoms with van der Waals surface area (Å²) < 4.78 is 0. The summed E-state index contributed by atoms with van der Waals surface area (Å²) in [6.07, 6.45) is 5.17. The van der Waals surface area contributed by atoms with Crippen molar-refractivity contribution in [2.24, 2.45) is 5.92 Å². The molecule has 2 saturated heterocycles. The number of rotatable bonds is 5. The summed E-state index contributed by atoms with van der Waals surface area (Å²) in [6, 6.07) is 0.309. The molecular weight excluding hydrogens is 272 g/mol. The zero-order valence-electron chi connectivity index (χ0n) is 12.5. The fraction of sp³-hybridized carbons (Fsp3) is 0.867. The SMILES string of the molecule is O=C(O)C1CCN(C(=O)CN2CCCCC2CCO)CC1. The van der Waals surface area contributed by atoms with Crippen LogP contribution >= 0.6 is 0 Å². The van der Waals surface area contributed by atoms with Crippen molar-refractivity contribution in [2.75, 3.05) is 32.8 Å². The first kappa shape index (κ1) is 16.2. The second-order valence-electron chi connectivity index (χ2n) is 6.13. The molecule has 2 heterocycles. The molecule has 2 rings (SSSR count). The molecule has 0 aromatic heterocycles. The Labute approximate surface area is 125 Å². The van der Waals surface area contributed by atoms with E-state index in [0.717, 1.165) is 25.8 Å². The van der Waals surface area contributed by atoms with Gasteiger partial charge in [0.2, 0.25) is 5.91 Å². The Bertz CT molecular complexity index is 365. The van der Waals surface area contributed by atoms with Crippen molar-refractivity contribution in [3.8, 4) is 0 Å². The maximum atomic E-state index is 12.4. The van der Waals surface area contributed by atoms with E-state index in [-0.39, 0.29) is 18.4 Å². The first-order valence-electron chi connectivity index (χ1n) is 7.97. The van der Waals surface area contributed by atoms with Crippen molar-refractivity contribution in [3.05, 3.63) is 0 Å². The zero-order chi connectivity index (χ0) is 15.2. The number of aliphatic carboxylic acids is 1. The first-order valence-corrected chi connectivity index (χ1v) is 7.97. The van der Waals surface area contributed by atoms with E-state index in [1.54, 1.807) is 4.90 Å². The normalized spacial score (nSPS) is 25.0. The highest BCUT2D eigenvalue weighted by Crippen LogP contribution is 2.21. The average Bonchev–Trinajstić information content (AvgIpc) is 2.49. The summed E-state index contributed by atoms with van der Waals surface area (Å²) in [4.78, 5) is 27.3. The molecule has 6 heteroatoms. The van der Waals surface area contributed by atoms with E-state index in [4.69, 9.17) is 10.2 Å². The summed E-state index contributed by atoms with van der Waals surface area (Å²) in [6.45, 7) is 2.59. The van der Waals surface area contributed by atoms with Gasteiger partial charge in [0.15, 0.2) is 0 Å². The molecule has 120 valence electrons. The van der Waals surface area contributed by atoms with Gasteiger partial charge >= 0.3 is 5.97 Å². The molecule has 1 amide bonds. The van der Waals surface area contributed by atoms with Crippen LogP contribution in [-0.2, 0) is 9.59 Å². The highest BCUT2D eigenvalue weighted by molar-refractivity contribution is 5.79. The lowest BCUT2D eigenvalue weighted by atomic mass is 9.96. The number of hydrogen-bond acceptors (Lipinski definition) is 4. The van der Waals surface area contributed by atoms with E-state index in [0.29, 0.717) is 38.5 Å². The maximum Gasteiger partial charge on any atom is 0.306 e. The van der Waals surface area contributed by atoms with E-state index in [1.165, 1.54) is 6.42 Å². The van der Waals surface area contributed by atoms with Crippen LogP contribution in [-0.4, -0.2) is 70.7 Å². The third-order valence-corrected chi connectivity index (χ3v) is 4.75. The average molecular weight is 298 g/mol. The topological polar surface area (TPSA) is 81.1 Å². The number of amides is 1. The lowest BCUT2D eigenvalue weighted by Gasteiger charge is -2.37. The van der Waals surface area contributed by atoms with Crippen LogP contribution in [0.15, 0.2) is 0 Å². The Morgan fingerprint density at radius 2 is 1.76 bits per heavy atom. The van der Waals surface area contributed by atoms with E-state index in [2.05, 4.69) is 4.90 Å². The smallest absolute Gasteiger partial charge is 0.306 e. The number of hydrogen-bond donors (Lipinski definition) is 2. The third-order valence-electron chi connectivity index (χ3n) is 4.75. The molecule has 6 nitrogen and oxygen atoms in total. The van der Waals surface area contributed by atoms with Crippen molar-refractivity contribution in [1.29, 1.82) is 0 Å². The Morgan fingerprint density at radius 1 is 1.05 bits per heavy atom. The van der Waals surface area contributed by atoms with E-state index in [9.17, 15) is 9.59 Å². The summed E-state index contributed by atoms with van der Waals surface area (Å²) in [7, 11) is 0. The second kappa shape index (κ2) is 7.75. The van der Waals surface area contributed by atoms with Gasteiger partial charge in [-0.05, 0) is 38.6 Å². The van der Waals surface area contributed by atoms with Gasteiger partial charge < -0.3 is 15.1 Å². The fourth-order valence-electron chi connectivity index (χ4n) is 3.39. The minimum Gasteiger partial charge on any atom is -0.481 e. The molecule has 2 N–H and O–H groups in total. The van der Waals surface area contributed by atoms with Crippen LogP contribution in [0, 0.1) is 5.92 Å². The number of piperidine rings is 2. The lowest BCUT2D eigenvalue weighted by molar-refractivity contribution is -0.146. The van der Waals surface area contributed by atoms with Crippen LogP contribution in [0.3, 0.4) is 0 Å². The molecule has 21 heavy (non-hydrogen) atoms. The number of carbonyl (C=O) groups excluding carboxylic acids is 1. The Morgan fingerprint density at radius 3 is 2.38 bits per heavy atom. The molecule has 0 spiro atoms. The van der Waals surface area contributed by atoms with Gasteiger partial charge in [-0.15, -0.1) is 0 Å². The molecule has 2 aliphatic heterocycles. The monoisotopic (exact) mass is 298 g/mol. The fourth-order valence-corrected chi connectivity index (χ4v) is 3.39. The van der Waals surface area contributed by atoms with Gasteiger partial charge in [-0.2, -0.15) is 0 Å². The summed E-state index contributed by atoms with van der Waals surface area (Å²) >= 11 is 0. The predicted octanol–water partition coefficient (Wildman–Crippen LogP) is 0.546. The number of aliphatic hydroxyl groups excluding tert-OH is 1. The zero-order valence-corrected chi connectivity index (χ0v) is 12.5. The second-order valence-corrected chi connectivity index (χ2v) is 6.13. The minimum atomic E-state index is -0.749. The molecule has 0 aromatic carbocycles. The van der Waals surface area contributed by atoms with E-state index in [1.807, 2.05) is 0 Å². The van der Waals surface area contributed by atoms with Crippen molar-refractivity contribution >= 4 is 11.9 Å². The summed E-state index contributed by atoms with van der Waals surface area (Å²) in [5.74, 6) is -0.948. The van der Waals surface area contributed by atoms with Gasteiger partial charge in [0.1, 0.15) is 0 Å². The molecular formula is C15H26N2O4. The lowest BCUT2D eigenvalue weighted by Crippen LogP contribution is -2.49. The number of aliphatic hydroxyl groups is 1. The van der Waals surface area contributed by atoms with Crippen LogP contribution in [0.2, 0.25) is 0 Å². The molecule has 0 bridgehead atoms. The third kappa shape index (κ3) is 4.41. The van der Waals surface area contributed by atoms with Gasteiger partial charge in [-0.25, -0.2) is 0 Å². The van der Waals surface area contributed by atoms with Crippen LogP contribution in [0.25, 0.3) is 0 Å². The van der Waals surface area contributed by atoms with Gasteiger partial charge in [0.25, 0.3) is 0 Å². The predicted molar refractivity (Wildman–Crippen MR) is 77.9 cm³/mol. The summed E-state index contributed by atoms with van der Waals surface area (Å²) in [5, 5.41) is 18.1. The standard InChI is InChI=1S/C15H26N2O4/c18-10-6-13-3-1-2-7-17(13)11-14(19)16-8-4-12(5-9-16)15(20)21/h12-13,18H,1-11H2,(H,20,21). The van der Waals surface area contributed by atoms with Crippen LogP contribution in [0.4, 0.5) is 0 Å². The Balaban J connectivity index is 1.82. The molecule has 0 aromatic rings. The number of nitrogens with zero attached hydrogens (tertiary/aromatic N) is 2. The largest absolute Gasteiger partial charge is 0.481 e. The van der Waals surface area contributed by atoms with Crippen LogP contribution < -0.4 is 0 Å². The van der Waals surface area contributed by atoms with Crippen molar-refractivity contribution < 1.29 is 19.8 Å². The van der Waals surface area contributed by atoms with Crippen LogP contribution in [0.1, 0.15) is 38.5 Å². The Kier molecular flexibility index (Phi) is 5.99. The first-order chi connectivity index (χ1) is 10.1. The van der Waals surface area contributed by atoms with Gasteiger partial charge in [-0.1, -0.05) is 6.42 Å². The van der Waals surface area contributed by atoms with Crippen molar-refractivity contribution in [2.45, 2.75) is 44.6 Å². The quantitative estimate of drug-likeness (QED) is 0.774.